The van der Waals surface area contributed by atoms with Crippen molar-refractivity contribution < 1.29 is 9.53 Å². The number of esters is 1. The first-order chi connectivity index (χ1) is 9.27. The number of hydrogen-bond acceptors (Lipinski definition) is 3. The molecule has 0 fully saturated rings. The van der Waals surface area contributed by atoms with Crippen molar-refractivity contribution >= 4 is 5.97 Å². The molecule has 110 valence electrons. The average Bonchev–Trinajstić information content (AvgIpc) is 2.87. The molecule has 1 unspecified atom stereocenters. The van der Waals surface area contributed by atoms with Crippen LogP contribution in [0.3, 0.4) is 0 Å². The Morgan fingerprint density at radius 2 is 1.89 bits per heavy atom. The molecule has 0 aliphatic carbocycles. The highest BCUT2D eigenvalue weighted by Crippen LogP contribution is 2.18. The number of carbonyl (C=O) groups is 1. The molecular formula is C16H29NO2. The smallest absolute Gasteiger partial charge is 0.354 e. The van der Waals surface area contributed by atoms with Crippen LogP contribution in [0.2, 0.25) is 0 Å². The van der Waals surface area contributed by atoms with Crippen LogP contribution in [0.1, 0.15) is 65.2 Å². The molecule has 1 rings (SSSR count). The Balaban J connectivity index is 2.06. The molecule has 1 aliphatic rings. The standard InChI is InChI=1S/C16H29NO2/c1-3-5-6-7-8-9-10-11-14-12-15(17-13-14)16(18)19-4-2/h12,14,17H,3-11,13H2,1-2H3. The lowest BCUT2D eigenvalue weighted by Gasteiger charge is -2.06. The fourth-order valence-electron chi connectivity index (χ4n) is 2.49. The molecule has 1 heterocycles. The molecule has 0 bridgehead atoms. The molecular weight excluding hydrogens is 238 g/mol. The van der Waals surface area contributed by atoms with Gasteiger partial charge in [-0.3, -0.25) is 0 Å². The normalized spacial score (nSPS) is 18.0. The molecule has 0 aromatic carbocycles. The van der Waals surface area contributed by atoms with Crippen LogP contribution in [0.15, 0.2) is 11.8 Å². The van der Waals surface area contributed by atoms with Gasteiger partial charge >= 0.3 is 5.97 Å². The van der Waals surface area contributed by atoms with Gasteiger partial charge in [0.05, 0.1) is 6.61 Å². The van der Waals surface area contributed by atoms with E-state index in [4.69, 9.17) is 4.74 Å². The van der Waals surface area contributed by atoms with Crippen molar-refractivity contribution in [3.8, 4) is 0 Å². The highest BCUT2D eigenvalue weighted by atomic mass is 16.5. The van der Waals surface area contributed by atoms with Crippen LogP contribution in [0.25, 0.3) is 0 Å². The molecule has 19 heavy (non-hydrogen) atoms. The molecule has 3 nitrogen and oxygen atoms in total. The first kappa shape index (κ1) is 16.1. The summed E-state index contributed by atoms with van der Waals surface area (Å²) in [6, 6.07) is 0. The third-order valence-corrected chi connectivity index (χ3v) is 3.63. The third-order valence-electron chi connectivity index (χ3n) is 3.63. The highest BCUT2D eigenvalue weighted by Gasteiger charge is 2.20. The number of carbonyl (C=O) groups excluding carboxylic acids is 1. The highest BCUT2D eigenvalue weighted by molar-refractivity contribution is 5.88. The van der Waals surface area contributed by atoms with Gasteiger partial charge in [-0.25, -0.2) is 4.79 Å². The van der Waals surface area contributed by atoms with Crippen LogP contribution in [0, 0.1) is 5.92 Å². The minimum Gasteiger partial charge on any atom is -0.461 e. The zero-order valence-electron chi connectivity index (χ0n) is 12.5. The summed E-state index contributed by atoms with van der Waals surface area (Å²) in [5.41, 5.74) is 0.662. The van der Waals surface area contributed by atoms with E-state index in [9.17, 15) is 4.79 Å². The Bertz CT molecular complexity index is 286. The monoisotopic (exact) mass is 267 g/mol. The van der Waals surface area contributed by atoms with E-state index in [2.05, 4.69) is 18.3 Å². The van der Waals surface area contributed by atoms with Gasteiger partial charge in [0, 0.05) is 6.54 Å². The van der Waals surface area contributed by atoms with E-state index < -0.39 is 0 Å². The summed E-state index contributed by atoms with van der Waals surface area (Å²) in [6.45, 7) is 5.42. The fraction of sp³-hybridized carbons (Fsp3) is 0.812. The molecule has 0 aromatic rings. The van der Waals surface area contributed by atoms with Crippen LogP contribution in [-0.4, -0.2) is 19.1 Å². The second-order valence-electron chi connectivity index (χ2n) is 5.35. The number of hydrogen-bond donors (Lipinski definition) is 1. The zero-order valence-corrected chi connectivity index (χ0v) is 12.5. The van der Waals surface area contributed by atoms with E-state index >= 15 is 0 Å². The van der Waals surface area contributed by atoms with Gasteiger partial charge in [-0.05, 0) is 25.3 Å². The summed E-state index contributed by atoms with van der Waals surface area (Å²) in [4.78, 5) is 11.5. The number of ether oxygens (including phenoxy) is 1. The van der Waals surface area contributed by atoms with Crippen molar-refractivity contribution in [2.45, 2.75) is 65.2 Å². The lowest BCUT2D eigenvalue weighted by molar-refractivity contribution is -0.138. The maximum Gasteiger partial charge on any atom is 0.354 e. The van der Waals surface area contributed by atoms with Crippen LogP contribution >= 0.6 is 0 Å². The molecule has 0 saturated heterocycles. The maximum atomic E-state index is 11.5. The van der Waals surface area contributed by atoms with Gasteiger partial charge in [0.2, 0.25) is 0 Å². The lowest BCUT2D eigenvalue weighted by Crippen LogP contribution is -2.19. The van der Waals surface area contributed by atoms with Crippen LogP contribution in [0.4, 0.5) is 0 Å². The zero-order chi connectivity index (χ0) is 13.9. The van der Waals surface area contributed by atoms with E-state index in [1.165, 1.54) is 51.4 Å². The van der Waals surface area contributed by atoms with Crippen molar-refractivity contribution in [2.24, 2.45) is 5.92 Å². The number of unbranched alkanes of at least 4 members (excludes halogenated alkanes) is 6. The molecule has 1 aliphatic heterocycles. The number of nitrogens with one attached hydrogen (secondary N) is 1. The SMILES string of the molecule is CCCCCCCCCC1C=C(C(=O)OCC)NC1. The van der Waals surface area contributed by atoms with Crippen molar-refractivity contribution in [3.63, 3.8) is 0 Å². The second-order valence-corrected chi connectivity index (χ2v) is 5.35. The summed E-state index contributed by atoms with van der Waals surface area (Å²) < 4.78 is 4.98. The van der Waals surface area contributed by atoms with Crippen LogP contribution in [0.5, 0.6) is 0 Å². The Morgan fingerprint density at radius 3 is 2.58 bits per heavy atom. The summed E-state index contributed by atoms with van der Waals surface area (Å²) in [5.74, 6) is 0.305. The largest absolute Gasteiger partial charge is 0.461 e. The Kier molecular flexibility index (Phi) is 8.35. The summed E-state index contributed by atoms with van der Waals surface area (Å²) >= 11 is 0. The van der Waals surface area contributed by atoms with Crippen molar-refractivity contribution in [1.29, 1.82) is 0 Å². The summed E-state index contributed by atoms with van der Waals surface area (Å²) in [7, 11) is 0. The predicted octanol–water partition coefficient (Wildman–Crippen LogP) is 3.79. The van der Waals surface area contributed by atoms with Gasteiger partial charge in [0.15, 0.2) is 0 Å². The molecule has 0 amide bonds. The predicted molar refractivity (Wildman–Crippen MR) is 78.8 cm³/mol. The fourth-order valence-corrected chi connectivity index (χ4v) is 2.49. The van der Waals surface area contributed by atoms with Crippen molar-refractivity contribution in [2.75, 3.05) is 13.2 Å². The lowest BCUT2D eigenvalue weighted by atomic mass is 10.0. The minimum atomic E-state index is -0.204. The molecule has 0 radical (unpaired) electrons. The topological polar surface area (TPSA) is 38.3 Å². The van der Waals surface area contributed by atoms with Gasteiger partial charge in [-0.2, -0.15) is 0 Å². The van der Waals surface area contributed by atoms with Crippen LogP contribution in [-0.2, 0) is 9.53 Å². The van der Waals surface area contributed by atoms with Gasteiger partial charge in [-0.1, -0.05) is 51.9 Å². The van der Waals surface area contributed by atoms with E-state index in [1.54, 1.807) is 0 Å². The third kappa shape index (κ3) is 6.65. The first-order valence-corrected chi connectivity index (χ1v) is 7.90. The van der Waals surface area contributed by atoms with E-state index in [1.807, 2.05) is 6.92 Å². The Hall–Kier alpha value is -0.990. The summed E-state index contributed by atoms with van der Waals surface area (Å²) in [5, 5.41) is 3.15. The molecule has 0 aromatic heterocycles. The second kappa shape index (κ2) is 9.88. The summed E-state index contributed by atoms with van der Waals surface area (Å²) in [6.07, 6.45) is 12.6. The van der Waals surface area contributed by atoms with Gasteiger partial charge < -0.3 is 10.1 Å². The van der Waals surface area contributed by atoms with Crippen molar-refractivity contribution in [1.82, 2.24) is 5.32 Å². The molecule has 1 N–H and O–H groups in total. The minimum absolute atomic E-state index is 0.204. The molecule has 0 spiro atoms. The van der Waals surface area contributed by atoms with E-state index in [0.29, 0.717) is 18.2 Å². The van der Waals surface area contributed by atoms with Gasteiger partial charge in [0.1, 0.15) is 5.70 Å². The van der Waals surface area contributed by atoms with Crippen LogP contribution < -0.4 is 5.32 Å². The molecule has 1 atom stereocenters. The van der Waals surface area contributed by atoms with E-state index in [-0.39, 0.29) is 5.97 Å². The maximum absolute atomic E-state index is 11.5. The number of rotatable bonds is 10. The molecule has 0 saturated carbocycles. The quantitative estimate of drug-likeness (QED) is 0.483. The van der Waals surface area contributed by atoms with Crippen molar-refractivity contribution in [3.05, 3.63) is 11.8 Å². The average molecular weight is 267 g/mol. The molecule has 3 heteroatoms. The first-order valence-electron chi connectivity index (χ1n) is 7.90. The van der Waals surface area contributed by atoms with E-state index in [0.717, 1.165) is 6.54 Å². The Morgan fingerprint density at radius 1 is 1.21 bits per heavy atom. The van der Waals surface area contributed by atoms with Gasteiger partial charge in [-0.15, -0.1) is 0 Å². The Labute approximate surface area is 117 Å². The van der Waals surface area contributed by atoms with Gasteiger partial charge in [0.25, 0.3) is 0 Å².